The number of halogens is 4. The second kappa shape index (κ2) is 11.1. The van der Waals surface area contributed by atoms with Crippen LogP contribution in [0.5, 0.6) is 5.75 Å². The topological polar surface area (TPSA) is 83.2 Å². The Balaban J connectivity index is 1.46. The van der Waals surface area contributed by atoms with Crippen molar-refractivity contribution in [1.29, 1.82) is 0 Å². The van der Waals surface area contributed by atoms with Crippen molar-refractivity contribution in [3.05, 3.63) is 82.1 Å². The van der Waals surface area contributed by atoms with Crippen LogP contribution in [-0.4, -0.2) is 75.3 Å². The summed E-state index contributed by atoms with van der Waals surface area (Å²) in [4.78, 5) is 21.7. The summed E-state index contributed by atoms with van der Waals surface area (Å²) in [6.45, 7) is 2.69. The molecule has 3 heterocycles. The number of aliphatic hydroxyl groups is 1. The van der Waals surface area contributed by atoms with Crippen LogP contribution in [0.2, 0.25) is 5.02 Å². The standard InChI is InChI=1S/C28H27ClF3N5O3/c1-17-24(18-7-9-19(40-2)10-8-18)34-26-21(15-33-37(26)25(17)28(30,31)32)27(39)36-13-11-35(12-14-36)23(16-38)20-5-3-4-6-22(20)29/h3-10,15,23,38H,11-14,16H2,1-2H3/t23-/m1/s1. The van der Waals surface area contributed by atoms with Crippen molar-refractivity contribution in [2.75, 3.05) is 39.9 Å². The number of carbonyl (C=O) groups excluding carboxylic acids is 1. The number of carbonyl (C=O) groups is 1. The van der Waals surface area contributed by atoms with E-state index in [0.29, 0.717) is 47.0 Å². The summed E-state index contributed by atoms with van der Waals surface area (Å²) in [5.41, 5.74) is 0.0769. The predicted molar refractivity (Wildman–Crippen MR) is 143 cm³/mol. The fourth-order valence-electron chi connectivity index (χ4n) is 5.15. The summed E-state index contributed by atoms with van der Waals surface area (Å²) >= 11 is 6.34. The molecule has 0 unspecified atom stereocenters. The highest BCUT2D eigenvalue weighted by molar-refractivity contribution is 6.31. The SMILES string of the molecule is COc1ccc(-c2nc3c(C(=O)N4CCN([C@H](CO)c5ccccc5Cl)CC4)cnn3c(C(F)(F)F)c2C)cc1. The second-order valence-corrected chi connectivity index (χ2v) is 9.91. The molecule has 0 spiro atoms. The van der Waals surface area contributed by atoms with E-state index < -0.39 is 17.8 Å². The van der Waals surface area contributed by atoms with Crippen molar-refractivity contribution in [2.45, 2.75) is 19.1 Å². The third-order valence-electron chi connectivity index (χ3n) is 7.23. The zero-order valence-corrected chi connectivity index (χ0v) is 22.6. The Hall–Kier alpha value is -3.67. The molecule has 1 amide bonds. The molecule has 2 aromatic carbocycles. The molecule has 0 radical (unpaired) electrons. The fourth-order valence-corrected chi connectivity index (χ4v) is 5.41. The highest BCUT2D eigenvalue weighted by Crippen LogP contribution is 2.37. The lowest BCUT2D eigenvalue weighted by atomic mass is 10.0. The Kier molecular flexibility index (Phi) is 7.72. The summed E-state index contributed by atoms with van der Waals surface area (Å²) in [7, 11) is 1.50. The minimum absolute atomic E-state index is 0.0153. The number of amides is 1. The van der Waals surface area contributed by atoms with Crippen LogP contribution in [0.15, 0.2) is 54.7 Å². The van der Waals surface area contributed by atoms with Gasteiger partial charge in [0.1, 0.15) is 11.3 Å². The van der Waals surface area contributed by atoms with Gasteiger partial charge < -0.3 is 14.7 Å². The van der Waals surface area contributed by atoms with E-state index in [4.69, 9.17) is 16.3 Å². The summed E-state index contributed by atoms with van der Waals surface area (Å²) in [6.07, 6.45) is -3.59. The molecule has 12 heteroatoms. The molecule has 0 saturated carbocycles. The van der Waals surface area contributed by atoms with E-state index in [0.717, 1.165) is 11.8 Å². The van der Waals surface area contributed by atoms with E-state index >= 15 is 0 Å². The fraction of sp³-hybridized carbons (Fsp3) is 0.321. The van der Waals surface area contributed by atoms with Crippen molar-refractivity contribution in [1.82, 2.24) is 24.4 Å². The zero-order chi connectivity index (χ0) is 28.6. The third-order valence-corrected chi connectivity index (χ3v) is 7.57. The Morgan fingerprint density at radius 2 is 1.77 bits per heavy atom. The van der Waals surface area contributed by atoms with Crippen molar-refractivity contribution in [2.24, 2.45) is 0 Å². The van der Waals surface area contributed by atoms with E-state index in [1.807, 2.05) is 23.1 Å². The molecule has 2 aromatic heterocycles. The molecule has 210 valence electrons. The van der Waals surface area contributed by atoms with Gasteiger partial charge in [0, 0.05) is 42.3 Å². The van der Waals surface area contributed by atoms with Crippen LogP contribution in [0.25, 0.3) is 16.9 Å². The lowest BCUT2D eigenvalue weighted by molar-refractivity contribution is -0.143. The van der Waals surface area contributed by atoms with Gasteiger partial charge in [0.15, 0.2) is 11.3 Å². The first kappa shape index (κ1) is 27.9. The van der Waals surface area contributed by atoms with Gasteiger partial charge in [-0.15, -0.1) is 0 Å². The first-order valence-corrected chi connectivity index (χ1v) is 13.0. The average molecular weight is 574 g/mol. The molecule has 1 aliphatic heterocycles. The number of alkyl halides is 3. The van der Waals surface area contributed by atoms with E-state index in [9.17, 15) is 23.1 Å². The number of piperazine rings is 1. The number of ether oxygens (including phenoxy) is 1. The molecule has 4 aromatic rings. The van der Waals surface area contributed by atoms with Crippen LogP contribution >= 0.6 is 11.6 Å². The molecule has 40 heavy (non-hydrogen) atoms. The normalized spacial score (nSPS) is 15.4. The summed E-state index contributed by atoms with van der Waals surface area (Å²) in [5.74, 6) is 0.0916. The molecule has 1 aliphatic rings. The number of fused-ring (bicyclic) bond motifs is 1. The van der Waals surface area contributed by atoms with Crippen LogP contribution in [0.3, 0.4) is 0 Å². The van der Waals surface area contributed by atoms with Gasteiger partial charge in [-0.25, -0.2) is 9.50 Å². The smallest absolute Gasteiger partial charge is 0.433 e. The molecular weight excluding hydrogens is 547 g/mol. The summed E-state index contributed by atoms with van der Waals surface area (Å²) in [5, 5.41) is 14.5. The first-order valence-electron chi connectivity index (χ1n) is 12.6. The van der Waals surface area contributed by atoms with Gasteiger partial charge in [-0.1, -0.05) is 29.8 Å². The molecule has 0 bridgehead atoms. The molecule has 8 nitrogen and oxygen atoms in total. The molecule has 0 aliphatic carbocycles. The van der Waals surface area contributed by atoms with Crippen molar-refractivity contribution < 1.29 is 27.8 Å². The maximum absolute atomic E-state index is 14.2. The highest BCUT2D eigenvalue weighted by Gasteiger charge is 2.39. The molecule has 1 atom stereocenters. The molecule has 1 fully saturated rings. The van der Waals surface area contributed by atoms with Gasteiger partial charge in [-0.2, -0.15) is 18.3 Å². The van der Waals surface area contributed by atoms with Crippen LogP contribution in [0, 0.1) is 6.92 Å². The lowest BCUT2D eigenvalue weighted by Crippen LogP contribution is -2.50. The van der Waals surface area contributed by atoms with Crippen molar-refractivity contribution >= 4 is 23.2 Å². The van der Waals surface area contributed by atoms with Gasteiger partial charge >= 0.3 is 6.18 Å². The van der Waals surface area contributed by atoms with Gasteiger partial charge in [0.2, 0.25) is 0 Å². The van der Waals surface area contributed by atoms with Crippen LogP contribution in [-0.2, 0) is 6.18 Å². The molecule has 1 saturated heterocycles. The van der Waals surface area contributed by atoms with Crippen LogP contribution in [0.4, 0.5) is 13.2 Å². The van der Waals surface area contributed by atoms with Crippen LogP contribution < -0.4 is 4.74 Å². The number of benzene rings is 2. The minimum Gasteiger partial charge on any atom is -0.497 e. The van der Waals surface area contributed by atoms with Crippen LogP contribution in [0.1, 0.15) is 33.2 Å². The van der Waals surface area contributed by atoms with Gasteiger partial charge in [-0.3, -0.25) is 9.69 Å². The van der Waals surface area contributed by atoms with E-state index in [1.54, 1.807) is 35.2 Å². The summed E-state index contributed by atoms with van der Waals surface area (Å²) < 4.78 is 48.6. The maximum Gasteiger partial charge on any atom is 0.433 e. The Labute approximate surface area is 233 Å². The van der Waals surface area contributed by atoms with E-state index in [-0.39, 0.29) is 35.1 Å². The number of methoxy groups -OCH3 is 1. The minimum atomic E-state index is -4.73. The van der Waals surface area contributed by atoms with Gasteiger partial charge in [0.05, 0.1) is 31.6 Å². The Bertz CT molecular complexity index is 1530. The predicted octanol–water partition coefficient (Wildman–Crippen LogP) is 4.88. The number of rotatable bonds is 6. The monoisotopic (exact) mass is 573 g/mol. The van der Waals surface area contributed by atoms with E-state index in [1.165, 1.54) is 14.0 Å². The van der Waals surface area contributed by atoms with Gasteiger partial charge in [0.25, 0.3) is 5.91 Å². The first-order chi connectivity index (χ1) is 19.1. The summed E-state index contributed by atoms with van der Waals surface area (Å²) in [6, 6.07) is 13.5. The molecular formula is C28H27ClF3N5O3. The van der Waals surface area contributed by atoms with E-state index in [2.05, 4.69) is 10.1 Å². The van der Waals surface area contributed by atoms with Crippen molar-refractivity contribution in [3.8, 4) is 17.0 Å². The maximum atomic E-state index is 14.2. The lowest BCUT2D eigenvalue weighted by Gasteiger charge is -2.39. The van der Waals surface area contributed by atoms with Gasteiger partial charge in [-0.05, 0) is 42.8 Å². The average Bonchev–Trinajstić information content (AvgIpc) is 3.36. The Morgan fingerprint density at radius 1 is 1.10 bits per heavy atom. The highest BCUT2D eigenvalue weighted by atomic mass is 35.5. The van der Waals surface area contributed by atoms with Crippen molar-refractivity contribution in [3.63, 3.8) is 0 Å². The molecule has 5 rings (SSSR count). The largest absolute Gasteiger partial charge is 0.497 e. The number of aliphatic hydroxyl groups excluding tert-OH is 1. The molecule has 1 N–H and O–H groups in total. The number of hydrogen-bond acceptors (Lipinski definition) is 6. The number of nitrogens with zero attached hydrogens (tertiary/aromatic N) is 5. The zero-order valence-electron chi connectivity index (χ0n) is 21.8. The number of hydrogen-bond donors (Lipinski definition) is 1. The third kappa shape index (κ3) is 5.12. The Morgan fingerprint density at radius 3 is 2.38 bits per heavy atom. The second-order valence-electron chi connectivity index (χ2n) is 9.50. The quantitative estimate of drug-likeness (QED) is 0.354. The number of aromatic nitrogens is 3.